The van der Waals surface area contributed by atoms with Crippen LogP contribution >= 0.6 is 11.3 Å². The second-order valence-corrected chi connectivity index (χ2v) is 5.25. The van der Waals surface area contributed by atoms with E-state index in [-0.39, 0.29) is 17.9 Å². The molecule has 1 fully saturated rings. The Morgan fingerprint density at radius 1 is 1.56 bits per heavy atom. The summed E-state index contributed by atoms with van der Waals surface area (Å²) >= 11 is 1.69. The zero-order valence-corrected chi connectivity index (χ0v) is 10.3. The van der Waals surface area contributed by atoms with E-state index in [9.17, 15) is 4.79 Å². The summed E-state index contributed by atoms with van der Waals surface area (Å²) in [4.78, 5) is 13.2. The van der Waals surface area contributed by atoms with Gasteiger partial charge in [-0.3, -0.25) is 4.79 Å². The van der Waals surface area contributed by atoms with E-state index in [0.29, 0.717) is 0 Å². The average molecular weight is 238 g/mol. The lowest BCUT2D eigenvalue weighted by Crippen LogP contribution is -2.38. The van der Waals surface area contributed by atoms with Gasteiger partial charge in [0.05, 0.1) is 6.04 Å². The maximum absolute atomic E-state index is 12.0. The highest BCUT2D eigenvalue weighted by Gasteiger charge is 2.22. The molecule has 0 radical (unpaired) electrons. The first-order valence-corrected chi connectivity index (χ1v) is 6.70. The van der Waals surface area contributed by atoms with Crippen molar-refractivity contribution in [3.8, 4) is 0 Å². The van der Waals surface area contributed by atoms with Crippen LogP contribution in [0.3, 0.4) is 0 Å². The van der Waals surface area contributed by atoms with Crippen LogP contribution in [0.4, 0.5) is 0 Å². The largest absolute Gasteiger partial charge is 0.349 e. The van der Waals surface area contributed by atoms with E-state index < -0.39 is 0 Å². The molecule has 1 saturated heterocycles. The molecule has 3 nitrogen and oxygen atoms in total. The SMILES string of the molecule is CC(NC(=O)C1CCNCC1)c1cccs1. The zero-order valence-electron chi connectivity index (χ0n) is 9.53. The van der Waals surface area contributed by atoms with Gasteiger partial charge in [0, 0.05) is 10.8 Å². The molecule has 1 unspecified atom stereocenters. The maximum atomic E-state index is 12.0. The third kappa shape index (κ3) is 2.83. The molecular formula is C12H18N2OS. The molecule has 0 aromatic carbocycles. The van der Waals surface area contributed by atoms with Crippen LogP contribution in [0.5, 0.6) is 0 Å². The van der Waals surface area contributed by atoms with Crippen LogP contribution in [-0.4, -0.2) is 19.0 Å². The van der Waals surface area contributed by atoms with Gasteiger partial charge in [0.25, 0.3) is 0 Å². The van der Waals surface area contributed by atoms with Crippen molar-refractivity contribution in [3.63, 3.8) is 0 Å². The summed E-state index contributed by atoms with van der Waals surface area (Å²) < 4.78 is 0. The van der Waals surface area contributed by atoms with Crippen molar-refractivity contribution in [2.75, 3.05) is 13.1 Å². The number of amides is 1. The van der Waals surface area contributed by atoms with Gasteiger partial charge in [-0.1, -0.05) is 6.07 Å². The fourth-order valence-corrected chi connectivity index (χ4v) is 2.76. The fourth-order valence-electron chi connectivity index (χ4n) is 2.02. The lowest BCUT2D eigenvalue weighted by molar-refractivity contribution is -0.126. The predicted molar refractivity (Wildman–Crippen MR) is 66.5 cm³/mol. The van der Waals surface area contributed by atoms with E-state index in [1.54, 1.807) is 11.3 Å². The van der Waals surface area contributed by atoms with E-state index in [4.69, 9.17) is 0 Å². The molecule has 88 valence electrons. The molecule has 2 heterocycles. The van der Waals surface area contributed by atoms with Crippen LogP contribution in [-0.2, 0) is 4.79 Å². The molecule has 1 aliphatic heterocycles. The minimum Gasteiger partial charge on any atom is -0.349 e. The molecule has 1 aromatic heterocycles. The zero-order chi connectivity index (χ0) is 11.4. The van der Waals surface area contributed by atoms with Gasteiger partial charge in [-0.05, 0) is 44.3 Å². The highest BCUT2D eigenvalue weighted by atomic mass is 32.1. The van der Waals surface area contributed by atoms with Crippen molar-refractivity contribution < 1.29 is 4.79 Å². The smallest absolute Gasteiger partial charge is 0.223 e. The number of carbonyl (C=O) groups excluding carboxylic acids is 1. The normalized spacial score (nSPS) is 19.3. The lowest BCUT2D eigenvalue weighted by Gasteiger charge is -2.23. The Hall–Kier alpha value is -0.870. The van der Waals surface area contributed by atoms with Crippen molar-refractivity contribution in [3.05, 3.63) is 22.4 Å². The van der Waals surface area contributed by atoms with Crippen molar-refractivity contribution in [2.45, 2.75) is 25.8 Å². The van der Waals surface area contributed by atoms with Crippen LogP contribution < -0.4 is 10.6 Å². The van der Waals surface area contributed by atoms with Gasteiger partial charge in [-0.2, -0.15) is 0 Å². The fraction of sp³-hybridized carbons (Fsp3) is 0.583. The minimum absolute atomic E-state index is 0.141. The third-order valence-electron chi connectivity index (χ3n) is 3.04. The Morgan fingerprint density at radius 2 is 2.31 bits per heavy atom. The number of thiophene rings is 1. The molecule has 0 bridgehead atoms. The summed E-state index contributed by atoms with van der Waals surface area (Å²) in [7, 11) is 0. The number of nitrogens with one attached hydrogen (secondary N) is 2. The molecule has 0 aliphatic carbocycles. The maximum Gasteiger partial charge on any atom is 0.223 e. The van der Waals surface area contributed by atoms with E-state index in [1.165, 1.54) is 4.88 Å². The number of hydrogen-bond donors (Lipinski definition) is 2. The molecule has 1 atom stereocenters. The Morgan fingerprint density at radius 3 is 2.94 bits per heavy atom. The number of piperidine rings is 1. The molecule has 0 saturated carbocycles. The van der Waals surface area contributed by atoms with Gasteiger partial charge in [-0.15, -0.1) is 11.3 Å². The van der Waals surface area contributed by atoms with Gasteiger partial charge >= 0.3 is 0 Å². The van der Waals surface area contributed by atoms with Crippen molar-refractivity contribution in [2.24, 2.45) is 5.92 Å². The molecular weight excluding hydrogens is 220 g/mol. The Bertz CT molecular complexity index is 331. The summed E-state index contributed by atoms with van der Waals surface area (Å²) in [6.45, 7) is 3.97. The number of rotatable bonds is 3. The summed E-state index contributed by atoms with van der Waals surface area (Å²) in [5.41, 5.74) is 0. The summed E-state index contributed by atoms with van der Waals surface area (Å²) in [6.07, 6.45) is 1.92. The van der Waals surface area contributed by atoms with Gasteiger partial charge in [-0.25, -0.2) is 0 Å². The molecule has 16 heavy (non-hydrogen) atoms. The van der Waals surface area contributed by atoms with E-state index >= 15 is 0 Å². The Labute approximate surface area is 100 Å². The molecule has 2 rings (SSSR count). The van der Waals surface area contributed by atoms with Crippen LogP contribution in [0, 0.1) is 5.92 Å². The predicted octanol–water partition coefficient (Wildman–Crippen LogP) is 1.92. The van der Waals surface area contributed by atoms with E-state index in [2.05, 4.69) is 16.7 Å². The molecule has 2 N–H and O–H groups in total. The molecule has 1 aromatic rings. The molecule has 4 heteroatoms. The summed E-state index contributed by atoms with van der Waals surface area (Å²) in [5, 5.41) is 8.41. The summed E-state index contributed by atoms with van der Waals surface area (Å²) in [6, 6.07) is 4.23. The summed E-state index contributed by atoms with van der Waals surface area (Å²) in [5.74, 6) is 0.408. The first kappa shape index (κ1) is 11.6. The molecule has 1 aliphatic rings. The second-order valence-electron chi connectivity index (χ2n) is 4.27. The van der Waals surface area contributed by atoms with Crippen molar-refractivity contribution in [1.29, 1.82) is 0 Å². The van der Waals surface area contributed by atoms with Crippen LogP contribution in [0.2, 0.25) is 0 Å². The molecule has 1 amide bonds. The second kappa shape index (κ2) is 5.46. The van der Waals surface area contributed by atoms with E-state index in [1.807, 2.05) is 18.4 Å². The van der Waals surface area contributed by atoms with Gasteiger partial charge in [0.1, 0.15) is 0 Å². The Balaban J connectivity index is 1.86. The van der Waals surface area contributed by atoms with Crippen LogP contribution in [0.15, 0.2) is 17.5 Å². The first-order chi connectivity index (χ1) is 7.77. The topological polar surface area (TPSA) is 41.1 Å². The van der Waals surface area contributed by atoms with Gasteiger partial charge in [0.2, 0.25) is 5.91 Å². The van der Waals surface area contributed by atoms with Crippen LogP contribution in [0.1, 0.15) is 30.7 Å². The van der Waals surface area contributed by atoms with Crippen LogP contribution in [0.25, 0.3) is 0 Å². The van der Waals surface area contributed by atoms with Crippen molar-refractivity contribution in [1.82, 2.24) is 10.6 Å². The lowest BCUT2D eigenvalue weighted by atomic mass is 9.97. The quantitative estimate of drug-likeness (QED) is 0.845. The van der Waals surface area contributed by atoms with Gasteiger partial charge < -0.3 is 10.6 Å². The Kier molecular flexibility index (Phi) is 3.96. The number of hydrogen-bond acceptors (Lipinski definition) is 3. The highest BCUT2D eigenvalue weighted by Crippen LogP contribution is 2.20. The monoisotopic (exact) mass is 238 g/mol. The first-order valence-electron chi connectivity index (χ1n) is 5.82. The average Bonchev–Trinajstić information content (AvgIpc) is 2.83. The minimum atomic E-state index is 0.141. The molecule has 0 spiro atoms. The van der Waals surface area contributed by atoms with Gasteiger partial charge in [0.15, 0.2) is 0 Å². The van der Waals surface area contributed by atoms with E-state index in [0.717, 1.165) is 25.9 Å². The highest BCUT2D eigenvalue weighted by molar-refractivity contribution is 7.10. The standard InChI is InChI=1S/C12H18N2OS/c1-9(11-3-2-8-16-11)14-12(15)10-4-6-13-7-5-10/h2-3,8-10,13H,4-7H2,1H3,(H,14,15). The van der Waals surface area contributed by atoms with Crippen molar-refractivity contribution >= 4 is 17.2 Å². The number of carbonyl (C=O) groups is 1. The third-order valence-corrected chi connectivity index (χ3v) is 4.09.